The molecule has 0 spiro atoms. The van der Waals surface area contributed by atoms with Crippen molar-refractivity contribution in [3.63, 3.8) is 0 Å². The molecule has 0 amide bonds. The Hall–Kier alpha value is -0.800. The molecule has 0 bridgehead atoms. The lowest BCUT2D eigenvalue weighted by Gasteiger charge is -2.28. The van der Waals surface area contributed by atoms with Gasteiger partial charge in [0.2, 0.25) is 0 Å². The Balaban J connectivity index is 0.000000845. The number of phenolic OH excluding ortho intramolecular Hbond substituents is 1. The Morgan fingerprint density at radius 2 is 2.07 bits per heavy atom. The molecule has 0 radical (unpaired) electrons. The summed E-state index contributed by atoms with van der Waals surface area (Å²) >= 11 is 0. The molecule has 0 saturated carbocycles. The summed E-state index contributed by atoms with van der Waals surface area (Å²) in [6, 6.07) is 5.54. The van der Waals surface area contributed by atoms with Crippen molar-refractivity contribution in [2.45, 2.75) is 0 Å². The summed E-state index contributed by atoms with van der Waals surface area (Å²) in [4.78, 5) is 2.06. The van der Waals surface area contributed by atoms with Gasteiger partial charge in [0.05, 0.1) is 5.69 Å². The standard InChI is InChI=1S/C9H12N2O.2ClH/c1-11-6-5-10-7-3-2-4-8(12)9(7)11;;/h2-4,10,12H,5-6H2,1H3;2*1H. The third kappa shape index (κ3) is 2.16. The molecule has 2 N–H and O–H groups in total. The van der Waals surface area contributed by atoms with Crippen LogP contribution in [0, 0.1) is 0 Å². The molecule has 0 saturated heterocycles. The lowest BCUT2D eigenvalue weighted by molar-refractivity contribution is 0.474. The predicted molar refractivity (Wildman–Crippen MR) is 64.4 cm³/mol. The van der Waals surface area contributed by atoms with Crippen LogP contribution in [0.4, 0.5) is 11.4 Å². The molecule has 1 aromatic rings. The van der Waals surface area contributed by atoms with Gasteiger partial charge in [0.1, 0.15) is 11.4 Å². The van der Waals surface area contributed by atoms with Gasteiger partial charge in [-0.2, -0.15) is 0 Å². The minimum Gasteiger partial charge on any atom is -0.506 e. The zero-order valence-corrected chi connectivity index (χ0v) is 9.49. The van der Waals surface area contributed by atoms with Gasteiger partial charge in [0.15, 0.2) is 0 Å². The summed E-state index contributed by atoms with van der Waals surface area (Å²) in [7, 11) is 1.99. The minimum atomic E-state index is 0. The van der Waals surface area contributed by atoms with Crippen LogP contribution in [-0.2, 0) is 0 Å². The molecule has 3 nitrogen and oxygen atoms in total. The minimum absolute atomic E-state index is 0. The van der Waals surface area contributed by atoms with E-state index in [0.29, 0.717) is 5.75 Å². The maximum Gasteiger partial charge on any atom is 0.141 e. The quantitative estimate of drug-likeness (QED) is 0.725. The normalized spacial score (nSPS) is 13.1. The van der Waals surface area contributed by atoms with Crippen molar-refractivity contribution in [2.75, 3.05) is 30.4 Å². The monoisotopic (exact) mass is 236 g/mol. The number of hydrogen-bond acceptors (Lipinski definition) is 3. The van der Waals surface area contributed by atoms with Gasteiger partial charge in [0.25, 0.3) is 0 Å². The van der Waals surface area contributed by atoms with Crippen LogP contribution in [0.1, 0.15) is 0 Å². The van der Waals surface area contributed by atoms with Crippen molar-refractivity contribution in [1.29, 1.82) is 0 Å². The predicted octanol–water partition coefficient (Wildman–Crippen LogP) is 2.10. The molecule has 0 atom stereocenters. The van der Waals surface area contributed by atoms with Crippen LogP contribution in [0.25, 0.3) is 0 Å². The number of nitrogens with one attached hydrogen (secondary N) is 1. The van der Waals surface area contributed by atoms with Crippen LogP contribution in [0.15, 0.2) is 18.2 Å². The highest BCUT2D eigenvalue weighted by Gasteiger charge is 2.15. The molecular weight excluding hydrogens is 223 g/mol. The van der Waals surface area contributed by atoms with Gasteiger partial charge >= 0.3 is 0 Å². The number of anilines is 2. The number of fused-ring (bicyclic) bond motifs is 1. The molecule has 0 aliphatic carbocycles. The zero-order valence-electron chi connectivity index (χ0n) is 7.86. The average molecular weight is 237 g/mol. The number of likely N-dealkylation sites (N-methyl/N-ethyl adjacent to an activating group) is 1. The number of rotatable bonds is 0. The fourth-order valence-corrected chi connectivity index (χ4v) is 1.55. The van der Waals surface area contributed by atoms with Gasteiger partial charge in [-0.1, -0.05) is 6.07 Å². The molecule has 14 heavy (non-hydrogen) atoms. The zero-order chi connectivity index (χ0) is 8.55. The fourth-order valence-electron chi connectivity index (χ4n) is 1.55. The van der Waals surface area contributed by atoms with Crippen LogP contribution in [-0.4, -0.2) is 25.2 Å². The Bertz CT molecular complexity index is 307. The van der Waals surface area contributed by atoms with E-state index in [9.17, 15) is 5.11 Å². The first-order valence-electron chi connectivity index (χ1n) is 4.06. The third-order valence-corrected chi connectivity index (χ3v) is 2.16. The second kappa shape index (κ2) is 5.17. The SMILES string of the molecule is CN1CCNc2cccc(O)c21.Cl.Cl. The molecule has 80 valence electrons. The van der Waals surface area contributed by atoms with E-state index in [0.717, 1.165) is 24.5 Å². The number of nitrogens with zero attached hydrogens (tertiary/aromatic N) is 1. The van der Waals surface area contributed by atoms with Gasteiger partial charge in [0, 0.05) is 20.1 Å². The largest absolute Gasteiger partial charge is 0.506 e. The van der Waals surface area contributed by atoms with E-state index in [2.05, 4.69) is 10.2 Å². The van der Waals surface area contributed by atoms with E-state index in [-0.39, 0.29) is 24.8 Å². The number of halogens is 2. The molecule has 1 aliphatic heterocycles. The molecule has 0 fully saturated rings. The Kier molecular flexibility index (Phi) is 4.88. The summed E-state index contributed by atoms with van der Waals surface area (Å²) in [6.07, 6.45) is 0. The lowest BCUT2D eigenvalue weighted by atomic mass is 10.2. The summed E-state index contributed by atoms with van der Waals surface area (Å²) in [5, 5.41) is 12.8. The Morgan fingerprint density at radius 1 is 1.36 bits per heavy atom. The second-order valence-electron chi connectivity index (χ2n) is 3.02. The number of phenols is 1. The van der Waals surface area contributed by atoms with E-state index in [1.54, 1.807) is 6.07 Å². The number of para-hydroxylation sites is 1. The highest BCUT2D eigenvalue weighted by molar-refractivity contribution is 5.85. The maximum atomic E-state index is 9.55. The van der Waals surface area contributed by atoms with Crippen molar-refractivity contribution < 1.29 is 5.11 Å². The van der Waals surface area contributed by atoms with Gasteiger partial charge in [-0.15, -0.1) is 24.8 Å². The van der Waals surface area contributed by atoms with Gasteiger partial charge in [-0.3, -0.25) is 0 Å². The topological polar surface area (TPSA) is 35.5 Å². The van der Waals surface area contributed by atoms with E-state index >= 15 is 0 Å². The average Bonchev–Trinajstić information content (AvgIpc) is 2.04. The van der Waals surface area contributed by atoms with Gasteiger partial charge < -0.3 is 15.3 Å². The summed E-state index contributed by atoms with van der Waals surface area (Å²) < 4.78 is 0. The first-order valence-corrected chi connectivity index (χ1v) is 4.06. The van der Waals surface area contributed by atoms with Gasteiger partial charge in [-0.25, -0.2) is 0 Å². The number of benzene rings is 1. The number of aromatic hydroxyl groups is 1. The van der Waals surface area contributed by atoms with Gasteiger partial charge in [-0.05, 0) is 12.1 Å². The molecule has 1 aliphatic rings. The molecule has 0 aromatic heterocycles. The van der Waals surface area contributed by atoms with Crippen LogP contribution in [0.2, 0.25) is 0 Å². The van der Waals surface area contributed by atoms with E-state index in [1.807, 2.05) is 19.2 Å². The smallest absolute Gasteiger partial charge is 0.141 e. The fraction of sp³-hybridized carbons (Fsp3) is 0.333. The summed E-state index contributed by atoms with van der Waals surface area (Å²) in [6.45, 7) is 1.87. The molecule has 1 aromatic carbocycles. The highest BCUT2D eigenvalue weighted by Crippen LogP contribution is 2.35. The first-order chi connectivity index (χ1) is 5.79. The van der Waals surface area contributed by atoms with Crippen molar-refractivity contribution >= 4 is 36.2 Å². The van der Waals surface area contributed by atoms with Crippen LogP contribution in [0.3, 0.4) is 0 Å². The molecule has 5 heteroatoms. The lowest BCUT2D eigenvalue weighted by Crippen LogP contribution is -2.30. The van der Waals surface area contributed by atoms with E-state index in [4.69, 9.17) is 0 Å². The number of hydrogen-bond donors (Lipinski definition) is 2. The van der Waals surface area contributed by atoms with Crippen molar-refractivity contribution in [1.82, 2.24) is 0 Å². The summed E-state index contributed by atoms with van der Waals surface area (Å²) in [5.74, 6) is 0.349. The highest BCUT2D eigenvalue weighted by atomic mass is 35.5. The van der Waals surface area contributed by atoms with Crippen LogP contribution < -0.4 is 10.2 Å². The molecular formula is C9H14Cl2N2O. The van der Waals surface area contributed by atoms with Crippen molar-refractivity contribution in [3.05, 3.63) is 18.2 Å². The Morgan fingerprint density at radius 3 is 2.71 bits per heavy atom. The molecule has 1 heterocycles. The summed E-state index contributed by atoms with van der Waals surface area (Å²) in [5.41, 5.74) is 1.92. The third-order valence-electron chi connectivity index (χ3n) is 2.16. The Labute approximate surface area is 95.9 Å². The van der Waals surface area contributed by atoms with Crippen LogP contribution >= 0.6 is 24.8 Å². The molecule has 0 unspecified atom stereocenters. The van der Waals surface area contributed by atoms with Crippen molar-refractivity contribution in [2.24, 2.45) is 0 Å². The maximum absolute atomic E-state index is 9.55. The van der Waals surface area contributed by atoms with E-state index < -0.39 is 0 Å². The second-order valence-corrected chi connectivity index (χ2v) is 3.02. The van der Waals surface area contributed by atoms with E-state index in [1.165, 1.54) is 0 Å². The molecule has 2 rings (SSSR count). The first kappa shape index (κ1) is 13.2. The van der Waals surface area contributed by atoms with Crippen molar-refractivity contribution in [3.8, 4) is 5.75 Å². The van der Waals surface area contributed by atoms with Crippen LogP contribution in [0.5, 0.6) is 5.75 Å².